The Bertz CT molecular complexity index is 191. The lowest BCUT2D eigenvalue weighted by molar-refractivity contribution is -0.170. The first kappa shape index (κ1) is 13.4. The third kappa shape index (κ3) is 2.69. The number of rotatable bonds is 6. The molecule has 0 saturated carbocycles. The fourth-order valence-corrected chi connectivity index (χ4v) is 1.63. The predicted molar refractivity (Wildman–Crippen MR) is 53.1 cm³/mol. The molecule has 4 heteroatoms. The predicted octanol–water partition coefficient (Wildman–Crippen LogP) is 1.13. The van der Waals surface area contributed by atoms with E-state index < -0.39 is 11.6 Å². The highest BCUT2D eigenvalue weighted by Gasteiger charge is 2.43. The second-order valence-electron chi connectivity index (χ2n) is 3.89. The van der Waals surface area contributed by atoms with Gasteiger partial charge in [0.15, 0.2) is 5.60 Å². The van der Waals surface area contributed by atoms with Gasteiger partial charge in [0.2, 0.25) is 0 Å². The van der Waals surface area contributed by atoms with E-state index in [-0.39, 0.29) is 24.9 Å². The molecule has 0 bridgehead atoms. The summed E-state index contributed by atoms with van der Waals surface area (Å²) >= 11 is 0. The number of carboxylic acid groups (broad SMARTS) is 1. The summed E-state index contributed by atoms with van der Waals surface area (Å²) in [6.07, 6.45) is 0.189. The molecule has 2 atom stereocenters. The molecule has 2 N–H and O–H groups in total. The van der Waals surface area contributed by atoms with Crippen molar-refractivity contribution in [2.45, 2.75) is 32.8 Å². The van der Waals surface area contributed by atoms with E-state index in [4.69, 9.17) is 9.84 Å². The van der Waals surface area contributed by atoms with E-state index in [1.165, 1.54) is 7.11 Å². The van der Waals surface area contributed by atoms with Crippen molar-refractivity contribution in [2.75, 3.05) is 13.7 Å². The molecule has 0 aromatic heterocycles. The zero-order chi connectivity index (χ0) is 11.4. The molecule has 0 aromatic carbocycles. The minimum atomic E-state index is -1.68. The van der Waals surface area contributed by atoms with E-state index in [9.17, 15) is 9.90 Å². The van der Waals surface area contributed by atoms with Gasteiger partial charge in [-0.25, -0.2) is 4.79 Å². The van der Waals surface area contributed by atoms with Gasteiger partial charge in [-0.1, -0.05) is 20.8 Å². The fourth-order valence-electron chi connectivity index (χ4n) is 1.63. The van der Waals surface area contributed by atoms with E-state index in [0.29, 0.717) is 0 Å². The number of methoxy groups -OCH3 is 1. The first-order valence-electron chi connectivity index (χ1n) is 4.84. The molecule has 0 aromatic rings. The molecule has 0 aliphatic rings. The highest BCUT2D eigenvalue weighted by Crippen LogP contribution is 2.28. The second kappa shape index (κ2) is 5.32. The Kier molecular flexibility index (Phi) is 5.08. The smallest absolute Gasteiger partial charge is 0.336 e. The Morgan fingerprint density at radius 2 is 2.00 bits per heavy atom. The maximum Gasteiger partial charge on any atom is 0.336 e. The average molecular weight is 204 g/mol. The number of carbonyl (C=O) groups is 1. The molecule has 0 amide bonds. The molecular weight excluding hydrogens is 184 g/mol. The fraction of sp³-hybridized carbons (Fsp3) is 0.900. The maximum absolute atomic E-state index is 11.0. The molecule has 0 aliphatic carbocycles. The van der Waals surface area contributed by atoms with Crippen LogP contribution in [-0.2, 0) is 9.53 Å². The molecule has 2 unspecified atom stereocenters. The van der Waals surface area contributed by atoms with Crippen molar-refractivity contribution in [3.63, 3.8) is 0 Å². The summed E-state index contributed by atoms with van der Waals surface area (Å²) in [5.74, 6) is -1.48. The zero-order valence-corrected chi connectivity index (χ0v) is 9.28. The third-order valence-corrected chi connectivity index (χ3v) is 2.67. The van der Waals surface area contributed by atoms with Crippen LogP contribution in [0.25, 0.3) is 0 Å². The highest BCUT2D eigenvalue weighted by atomic mass is 16.5. The lowest BCUT2D eigenvalue weighted by Gasteiger charge is -2.33. The molecule has 0 heterocycles. The SMILES string of the molecule is CCC(O)(C(=O)O)C(COC)C(C)C. The van der Waals surface area contributed by atoms with Gasteiger partial charge >= 0.3 is 5.97 Å². The monoisotopic (exact) mass is 204 g/mol. The van der Waals surface area contributed by atoms with E-state index >= 15 is 0 Å². The quantitative estimate of drug-likeness (QED) is 0.680. The van der Waals surface area contributed by atoms with Gasteiger partial charge in [-0.3, -0.25) is 0 Å². The van der Waals surface area contributed by atoms with Crippen molar-refractivity contribution >= 4 is 5.97 Å². The average Bonchev–Trinajstić information content (AvgIpc) is 2.12. The van der Waals surface area contributed by atoms with Crippen molar-refractivity contribution in [1.29, 1.82) is 0 Å². The summed E-state index contributed by atoms with van der Waals surface area (Å²) in [5, 5.41) is 19.0. The molecule has 0 radical (unpaired) electrons. The van der Waals surface area contributed by atoms with Crippen LogP contribution in [0.3, 0.4) is 0 Å². The number of ether oxygens (including phenoxy) is 1. The first-order valence-corrected chi connectivity index (χ1v) is 4.84. The lowest BCUT2D eigenvalue weighted by atomic mass is 9.78. The number of aliphatic carboxylic acids is 1. The van der Waals surface area contributed by atoms with Gasteiger partial charge < -0.3 is 14.9 Å². The summed E-state index contributed by atoms with van der Waals surface area (Å²) in [7, 11) is 1.51. The molecule has 0 rings (SSSR count). The van der Waals surface area contributed by atoms with Crippen molar-refractivity contribution in [2.24, 2.45) is 11.8 Å². The van der Waals surface area contributed by atoms with Crippen molar-refractivity contribution in [3.8, 4) is 0 Å². The van der Waals surface area contributed by atoms with Crippen molar-refractivity contribution in [1.82, 2.24) is 0 Å². The highest BCUT2D eigenvalue weighted by molar-refractivity contribution is 5.77. The Hall–Kier alpha value is -0.610. The molecule has 14 heavy (non-hydrogen) atoms. The Balaban J connectivity index is 4.83. The first-order chi connectivity index (χ1) is 6.40. The van der Waals surface area contributed by atoms with Gasteiger partial charge in [-0.2, -0.15) is 0 Å². The van der Waals surface area contributed by atoms with Crippen LogP contribution in [-0.4, -0.2) is 35.5 Å². The maximum atomic E-state index is 11.0. The van der Waals surface area contributed by atoms with E-state index in [1.807, 2.05) is 13.8 Å². The van der Waals surface area contributed by atoms with Crippen LogP contribution in [0.2, 0.25) is 0 Å². The van der Waals surface area contributed by atoms with E-state index in [2.05, 4.69) is 0 Å². The minimum absolute atomic E-state index is 0.0657. The van der Waals surface area contributed by atoms with Gasteiger partial charge in [0, 0.05) is 13.0 Å². The topological polar surface area (TPSA) is 66.8 Å². The van der Waals surface area contributed by atoms with Crippen LogP contribution < -0.4 is 0 Å². The molecule has 4 nitrogen and oxygen atoms in total. The zero-order valence-electron chi connectivity index (χ0n) is 9.28. The standard InChI is InChI=1S/C10H20O4/c1-5-10(13,9(11)12)8(6-14-4)7(2)3/h7-8,13H,5-6H2,1-4H3,(H,11,12). The van der Waals surface area contributed by atoms with Gasteiger partial charge in [-0.15, -0.1) is 0 Å². The Labute approximate surface area is 84.9 Å². The Morgan fingerprint density at radius 3 is 2.21 bits per heavy atom. The molecule has 0 spiro atoms. The summed E-state index contributed by atoms with van der Waals surface area (Å²) < 4.78 is 4.94. The van der Waals surface area contributed by atoms with Gasteiger partial charge in [0.05, 0.1) is 6.61 Å². The number of hydrogen-bond acceptors (Lipinski definition) is 3. The van der Waals surface area contributed by atoms with Gasteiger partial charge in [0.1, 0.15) is 0 Å². The molecule has 0 aliphatic heterocycles. The van der Waals surface area contributed by atoms with E-state index in [1.54, 1.807) is 6.92 Å². The van der Waals surface area contributed by atoms with Crippen LogP contribution in [0.5, 0.6) is 0 Å². The van der Waals surface area contributed by atoms with Gasteiger partial charge in [0.25, 0.3) is 0 Å². The number of aliphatic hydroxyl groups is 1. The molecule has 0 fully saturated rings. The van der Waals surface area contributed by atoms with Crippen molar-refractivity contribution in [3.05, 3.63) is 0 Å². The molecule has 0 saturated heterocycles. The van der Waals surface area contributed by atoms with Crippen LogP contribution in [0.1, 0.15) is 27.2 Å². The van der Waals surface area contributed by atoms with E-state index in [0.717, 1.165) is 0 Å². The number of hydrogen-bond donors (Lipinski definition) is 2. The lowest BCUT2D eigenvalue weighted by Crippen LogP contribution is -2.49. The summed E-state index contributed by atoms with van der Waals surface area (Å²) in [4.78, 5) is 11.0. The largest absolute Gasteiger partial charge is 0.479 e. The van der Waals surface area contributed by atoms with Crippen molar-refractivity contribution < 1.29 is 19.7 Å². The normalized spacial score (nSPS) is 17.9. The summed E-state index contributed by atoms with van der Waals surface area (Å²) in [6.45, 7) is 5.69. The van der Waals surface area contributed by atoms with Crippen LogP contribution in [0.4, 0.5) is 0 Å². The number of carboxylic acids is 1. The second-order valence-corrected chi connectivity index (χ2v) is 3.89. The van der Waals surface area contributed by atoms with Gasteiger partial charge in [-0.05, 0) is 12.3 Å². The summed E-state index contributed by atoms with van der Waals surface area (Å²) in [5.41, 5.74) is -1.68. The van der Waals surface area contributed by atoms with Crippen LogP contribution in [0, 0.1) is 11.8 Å². The Morgan fingerprint density at radius 1 is 1.50 bits per heavy atom. The van der Waals surface area contributed by atoms with Crippen LogP contribution >= 0.6 is 0 Å². The van der Waals surface area contributed by atoms with Crippen LogP contribution in [0.15, 0.2) is 0 Å². The third-order valence-electron chi connectivity index (χ3n) is 2.67. The molecular formula is C10H20O4. The minimum Gasteiger partial charge on any atom is -0.479 e. The molecule has 84 valence electrons. The summed E-state index contributed by atoms with van der Waals surface area (Å²) in [6, 6.07) is 0.